The number of nitrogens with one attached hydrogen (secondary N) is 2. The Morgan fingerprint density at radius 3 is 2.82 bits per heavy atom. The zero-order valence-electron chi connectivity index (χ0n) is 9.95. The van der Waals surface area contributed by atoms with E-state index in [1.165, 1.54) is 30.9 Å². The zero-order chi connectivity index (χ0) is 12.4. The van der Waals surface area contributed by atoms with Gasteiger partial charge in [-0.05, 0) is 18.8 Å². The first-order chi connectivity index (χ1) is 8.09. The molecule has 0 aliphatic heterocycles. The second-order valence-corrected chi connectivity index (χ2v) is 4.59. The van der Waals surface area contributed by atoms with E-state index in [-0.39, 0.29) is 5.82 Å². The lowest BCUT2D eigenvalue weighted by Crippen LogP contribution is -2.32. The number of nitrogens with two attached hydrogens (primary N) is 1. The minimum Gasteiger partial charge on any atom is -0.383 e. The first kappa shape index (κ1) is 11.8. The third-order valence-electron chi connectivity index (χ3n) is 3.16. The molecule has 1 aromatic rings. The van der Waals surface area contributed by atoms with Crippen molar-refractivity contribution in [3.05, 3.63) is 20.8 Å². The molecular formula is C11H18N4O2. The Morgan fingerprint density at radius 2 is 2.18 bits per heavy atom. The summed E-state index contributed by atoms with van der Waals surface area (Å²) in [6.45, 7) is 0.710. The van der Waals surface area contributed by atoms with Crippen LogP contribution in [-0.4, -0.2) is 16.1 Å². The highest BCUT2D eigenvalue weighted by Gasteiger charge is 2.20. The van der Waals surface area contributed by atoms with Crippen LogP contribution in [0.25, 0.3) is 0 Å². The van der Waals surface area contributed by atoms with Crippen LogP contribution >= 0.6 is 0 Å². The van der Waals surface area contributed by atoms with Gasteiger partial charge in [-0.2, -0.15) is 0 Å². The van der Waals surface area contributed by atoms with Gasteiger partial charge in [0.05, 0.1) is 0 Å². The lowest BCUT2D eigenvalue weighted by molar-refractivity contribution is 0.686. The van der Waals surface area contributed by atoms with Crippen LogP contribution in [0.4, 0.5) is 11.5 Å². The molecule has 1 aliphatic carbocycles. The van der Waals surface area contributed by atoms with Crippen molar-refractivity contribution in [2.75, 3.05) is 17.6 Å². The maximum atomic E-state index is 11.5. The average Bonchev–Trinajstić information content (AvgIpc) is 3.09. The highest BCUT2D eigenvalue weighted by Crippen LogP contribution is 2.33. The van der Waals surface area contributed by atoms with Gasteiger partial charge in [-0.15, -0.1) is 0 Å². The molecule has 1 aromatic heterocycles. The molecule has 0 amide bonds. The normalized spacial score (nSPS) is 14.9. The molecule has 94 valence electrons. The van der Waals surface area contributed by atoms with Crippen molar-refractivity contribution in [3.63, 3.8) is 0 Å². The van der Waals surface area contributed by atoms with Crippen molar-refractivity contribution in [1.29, 1.82) is 0 Å². The number of nitrogens with zero attached hydrogens (tertiary/aromatic N) is 1. The minimum absolute atomic E-state index is 0.185. The van der Waals surface area contributed by atoms with Crippen LogP contribution < -0.4 is 22.3 Å². The first-order valence-electron chi connectivity index (χ1n) is 5.92. The molecule has 0 radical (unpaired) electrons. The van der Waals surface area contributed by atoms with Crippen LogP contribution in [0.15, 0.2) is 9.59 Å². The molecule has 1 aliphatic rings. The summed E-state index contributed by atoms with van der Waals surface area (Å²) in [6, 6.07) is 0. The molecule has 1 saturated carbocycles. The van der Waals surface area contributed by atoms with Crippen LogP contribution in [0.2, 0.25) is 0 Å². The van der Waals surface area contributed by atoms with Gasteiger partial charge in [0, 0.05) is 13.6 Å². The summed E-state index contributed by atoms with van der Waals surface area (Å²) < 4.78 is 1.23. The van der Waals surface area contributed by atoms with Gasteiger partial charge in [0.1, 0.15) is 11.5 Å². The number of aromatic nitrogens is 2. The lowest BCUT2D eigenvalue weighted by atomic mass is 10.2. The number of hydrogen-bond donors (Lipinski definition) is 3. The summed E-state index contributed by atoms with van der Waals surface area (Å²) in [4.78, 5) is 25.0. The third kappa shape index (κ3) is 2.69. The Kier molecular flexibility index (Phi) is 3.21. The largest absolute Gasteiger partial charge is 0.383 e. The molecule has 1 fully saturated rings. The Labute approximate surface area is 98.8 Å². The van der Waals surface area contributed by atoms with Crippen molar-refractivity contribution in [3.8, 4) is 0 Å². The molecule has 0 atom stereocenters. The molecule has 17 heavy (non-hydrogen) atoms. The molecule has 0 saturated heterocycles. The standard InChI is InChI=1S/C11H18N4O2/c1-15-9(12)8(10(16)14-11(15)17)13-6-2-3-7-4-5-7/h7,13H,2-6,12H2,1H3,(H,14,16,17). The summed E-state index contributed by atoms with van der Waals surface area (Å²) in [6.07, 6.45) is 4.88. The molecule has 0 unspecified atom stereocenters. The Morgan fingerprint density at radius 1 is 1.47 bits per heavy atom. The smallest absolute Gasteiger partial charge is 0.329 e. The maximum Gasteiger partial charge on any atom is 0.329 e. The Bertz CT molecular complexity index is 513. The van der Waals surface area contributed by atoms with Crippen LogP contribution in [-0.2, 0) is 7.05 Å². The van der Waals surface area contributed by atoms with Crippen LogP contribution in [0.1, 0.15) is 25.7 Å². The van der Waals surface area contributed by atoms with E-state index in [0.717, 1.165) is 12.3 Å². The minimum atomic E-state index is -0.490. The molecule has 1 heterocycles. The van der Waals surface area contributed by atoms with E-state index >= 15 is 0 Å². The van der Waals surface area contributed by atoms with E-state index in [0.29, 0.717) is 12.2 Å². The highest BCUT2D eigenvalue weighted by atomic mass is 16.2. The van der Waals surface area contributed by atoms with Crippen molar-refractivity contribution in [1.82, 2.24) is 9.55 Å². The number of rotatable bonds is 5. The summed E-state index contributed by atoms with van der Waals surface area (Å²) in [5, 5.41) is 3.00. The molecule has 6 heteroatoms. The van der Waals surface area contributed by atoms with E-state index in [4.69, 9.17) is 5.73 Å². The fourth-order valence-electron chi connectivity index (χ4n) is 1.82. The quantitative estimate of drug-likeness (QED) is 0.641. The summed E-state index contributed by atoms with van der Waals surface area (Å²) in [5.41, 5.74) is 5.08. The van der Waals surface area contributed by atoms with Gasteiger partial charge in [-0.25, -0.2) is 4.79 Å². The van der Waals surface area contributed by atoms with E-state index in [1.54, 1.807) is 0 Å². The predicted molar refractivity (Wildman–Crippen MR) is 67.2 cm³/mol. The van der Waals surface area contributed by atoms with Crippen molar-refractivity contribution >= 4 is 11.5 Å². The summed E-state index contributed by atoms with van der Waals surface area (Å²) in [5.74, 6) is 1.07. The molecule has 6 nitrogen and oxygen atoms in total. The van der Waals surface area contributed by atoms with Gasteiger partial charge >= 0.3 is 5.69 Å². The van der Waals surface area contributed by atoms with E-state index in [2.05, 4.69) is 10.3 Å². The summed E-state index contributed by atoms with van der Waals surface area (Å²) >= 11 is 0. The number of anilines is 2. The molecule has 0 spiro atoms. The molecule has 0 aromatic carbocycles. The van der Waals surface area contributed by atoms with Crippen LogP contribution in [0.3, 0.4) is 0 Å². The Balaban J connectivity index is 2.01. The van der Waals surface area contributed by atoms with E-state index in [9.17, 15) is 9.59 Å². The second-order valence-electron chi connectivity index (χ2n) is 4.59. The van der Waals surface area contributed by atoms with E-state index in [1.807, 2.05) is 0 Å². The maximum absolute atomic E-state index is 11.5. The van der Waals surface area contributed by atoms with Crippen LogP contribution in [0.5, 0.6) is 0 Å². The molecule has 0 bridgehead atoms. The molecular weight excluding hydrogens is 220 g/mol. The fourth-order valence-corrected chi connectivity index (χ4v) is 1.82. The van der Waals surface area contributed by atoms with E-state index < -0.39 is 11.2 Å². The van der Waals surface area contributed by atoms with Crippen molar-refractivity contribution in [2.24, 2.45) is 13.0 Å². The van der Waals surface area contributed by atoms with Crippen molar-refractivity contribution < 1.29 is 0 Å². The van der Waals surface area contributed by atoms with Gasteiger partial charge in [0.2, 0.25) is 0 Å². The monoisotopic (exact) mass is 238 g/mol. The fraction of sp³-hybridized carbons (Fsp3) is 0.636. The number of hydrogen-bond acceptors (Lipinski definition) is 4. The SMILES string of the molecule is Cn1c(N)c(NCCCC2CC2)c(=O)[nH]c1=O. The van der Waals surface area contributed by atoms with Gasteiger partial charge in [0.25, 0.3) is 5.56 Å². The predicted octanol–water partition coefficient (Wildman–Crippen LogP) is 0.258. The number of H-pyrrole nitrogens is 1. The van der Waals surface area contributed by atoms with Crippen LogP contribution in [0, 0.1) is 5.92 Å². The topological polar surface area (TPSA) is 92.9 Å². The highest BCUT2D eigenvalue weighted by molar-refractivity contribution is 5.60. The van der Waals surface area contributed by atoms with Gasteiger partial charge < -0.3 is 11.1 Å². The zero-order valence-corrected chi connectivity index (χ0v) is 9.95. The van der Waals surface area contributed by atoms with Gasteiger partial charge in [-0.1, -0.05) is 12.8 Å². The molecule has 4 N–H and O–H groups in total. The van der Waals surface area contributed by atoms with Crippen molar-refractivity contribution in [2.45, 2.75) is 25.7 Å². The first-order valence-corrected chi connectivity index (χ1v) is 5.92. The Hall–Kier alpha value is -1.72. The lowest BCUT2D eigenvalue weighted by Gasteiger charge is -2.10. The summed E-state index contributed by atoms with van der Waals surface area (Å²) in [7, 11) is 1.53. The van der Waals surface area contributed by atoms with Gasteiger partial charge in [0.15, 0.2) is 0 Å². The number of aromatic amines is 1. The second kappa shape index (κ2) is 4.65. The number of nitrogen functional groups attached to an aromatic ring is 1. The average molecular weight is 238 g/mol. The van der Waals surface area contributed by atoms with Gasteiger partial charge in [-0.3, -0.25) is 14.3 Å². The molecule has 2 rings (SSSR count). The third-order valence-corrected chi connectivity index (χ3v) is 3.16.